The predicted molar refractivity (Wildman–Crippen MR) is 83.8 cm³/mol. The Hall–Kier alpha value is -1.79. The van der Waals surface area contributed by atoms with Crippen molar-refractivity contribution in [2.24, 2.45) is 5.92 Å². The Bertz CT molecular complexity index is 736. The Labute approximate surface area is 132 Å². The molecule has 3 aliphatic heterocycles. The number of carbonyl (C=O) groups excluding carboxylic acids is 1. The zero-order chi connectivity index (χ0) is 15.3. The number of benzene rings is 1. The number of nitrogens with zero attached hydrogens (tertiary/aromatic N) is 2. The molecule has 3 aliphatic rings. The summed E-state index contributed by atoms with van der Waals surface area (Å²) in [7, 11) is 0. The number of nitrogens with two attached hydrogens (primary N) is 1. The van der Waals surface area contributed by atoms with E-state index >= 15 is 0 Å². The quantitative estimate of drug-likeness (QED) is 0.882. The van der Waals surface area contributed by atoms with Crippen LogP contribution < -0.4 is 11.1 Å². The molecule has 2 bridgehead atoms. The van der Waals surface area contributed by atoms with E-state index in [1.54, 1.807) is 12.1 Å². The monoisotopic (exact) mass is 320 g/mol. The summed E-state index contributed by atoms with van der Waals surface area (Å²) in [6.45, 7) is 3.19. The van der Waals surface area contributed by atoms with Gasteiger partial charge in [0, 0.05) is 23.7 Å². The van der Waals surface area contributed by atoms with Gasteiger partial charge in [-0.1, -0.05) is 11.6 Å². The second-order valence-corrected chi connectivity index (χ2v) is 6.51. The molecule has 116 valence electrons. The Morgan fingerprint density at radius 1 is 1.41 bits per heavy atom. The summed E-state index contributed by atoms with van der Waals surface area (Å²) in [5.74, 6) is 0.394. The lowest BCUT2D eigenvalue weighted by Crippen LogP contribution is -2.57. The van der Waals surface area contributed by atoms with Crippen LogP contribution in [0.15, 0.2) is 16.5 Å². The number of halogens is 1. The first kappa shape index (κ1) is 13.8. The molecule has 0 spiro atoms. The Kier molecular flexibility index (Phi) is 3.23. The van der Waals surface area contributed by atoms with Crippen molar-refractivity contribution in [2.45, 2.75) is 18.9 Å². The Morgan fingerprint density at radius 2 is 2.18 bits per heavy atom. The molecular formula is C15H17ClN4O2. The van der Waals surface area contributed by atoms with Crippen molar-refractivity contribution in [1.82, 2.24) is 15.2 Å². The summed E-state index contributed by atoms with van der Waals surface area (Å²) < 4.78 is 5.27. The highest BCUT2D eigenvalue weighted by Gasteiger charge is 2.35. The summed E-state index contributed by atoms with van der Waals surface area (Å²) in [5.41, 5.74) is 6.89. The number of amides is 1. The van der Waals surface area contributed by atoms with Crippen LogP contribution in [0, 0.1) is 5.92 Å². The van der Waals surface area contributed by atoms with Gasteiger partial charge < -0.3 is 20.4 Å². The lowest BCUT2D eigenvalue weighted by molar-refractivity contribution is 0.0621. The molecule has 0 saturated carbocycles. The third kappa shape index (κ3) is 2.32. The zero-order valence-corrected chi connectivity index (χ0v) is 12.8. The summed E-state index contributed by atoms with van der Waals surface area (Å²) >= 11 is 6.07. The van der Waals surface area contributed by atoms with Crippen LogP contribution in [0.4, 0.5) is 6.01 Å². The van der Waals surface area contributed by atoms with Crippen molar-refractivity contribution < 1.29 is 9.21 Å². The highest BCUT2D eigenvalue weighted by atomic mass is 35.5. The predicted octanol–water partition coefficient (Wildman–Crippen LogP) is 1.89. The average Bonchev–Trinajstić information content (AvgIpc) is 2.87. The van der Waals surface area contributed by atoms with E-state index in [1.165, 1.54) is 0 Å². The minimum Gasteiger partial charge on any atom is -0.424 e. The molecule has 0 radical (unpaired) electrons. The second-order valence-electron chi connectivity index (χ2n) is 6.07. The fourth-order valence-corrected chi connectivity index (χ4v) is 3.77. The number of hydrogen-bond acceptors (Lipinski definition) is 5. The molecule has 22 heavy (non-hydrogen) atoms. The SMILES string of the molecule is Nc1nc2c(C(=O)NC3CN4CCC3CC4)cc(Cl)cc2o1. The molecule has 1 unspecified atom stereocenters. The molecule has 2 aromatic rings. The van der Waals surface area contributed by atoms with Gasteiger partial charge in [-0.2, -0.15) is 4.98 Å². The first-order valence-corrected chi connectivity index (χ1v) is 7.87. The van der Waals surface area contributed by atoms with Gasteiger partial charge in [0.15, 0.2) is 5.58 Å². The van der Waals surface area contributed by atoms with Crippen LogP contribution in [0.1, 0.15) is 23.2 Å². The van der Waals surface area contributed by atoms with Crippen molar-refractivity contribution in [2.75, 3.05) is 25.4 Å². The summed E-state index contributed by atoms with van der Waals surface area (Å²) in [6.07, 6.45) is 2.29. The molecule has 3 fully saturated rings. The summed E-state index contributed by atoms with van der Waals surface area (Å²) in [6, 6.07) is 3.45. The number of oxazole rings is 1. The van der Waals surface area contributed by atoms with Gasteiger partial charge in [0.05, 0.1) is 5.56 Å². The maximum Gasteiger partial charge on any atom is 0.293 e. The highest BCUT2D eigenvalue weighted by molar-refractivity contribution is 6.32. The maximum atomic E-state index is 12.7. The van der Waals surface area contributed by atoms with E-state index < -0.39 is 0 Å². The molecular weight excluding hydrogens is 304 g/mol. The van der Waals surface area contributed by atoms with Crippen molar-refractivity contribution in [3.63, 3.8) is 0 Å². The second kappa shape index (κ2) is 5.14. The molecule has 1 aromatic heterocycles. The van der Waals surface area contributed by atoms with Gasteiger partial charge >= 0.3 is 0 Å². The average molecular weight is 321 g/mol. The number of nitrogens with one attached hydrogen (secondary N) is 1. The van der Waals surface area contributed by atoms with Gasteiger partial charge in [-0.25, -0.2) is 0 Å². The Morgan fingerprint density at radius 3 is 2.86 bits per heavy atom. The molecule has 3 N–H and O–H groups in total. The van der Waals surface area contributed by atoms with Crippen LogP contribution in [-0.2, 0) is 0 Å². The lowest BCUT2D eigenvalue weighted by atomic mass is 9.84. The van der Waals surface area contributed by atoms with E-state index in [9.17, 15) is 4.79 Å². The number of fused-ring (bicyclic) bond motifs is 4. The lowest BCUT2D eigenvalue weighted by Gasteiger charge is -2.44. The van der Waals surface area contributed by atoms with Crippen LogP contribution in [0.3, 0.4) is 0 Å². The van der Waals surface area contributed by atoms with Crippen molar-refractivity contribution >= 4 is 34.6 Å². The fourth-order valence-electron chi connectivity index (χ4n) is 3.56. The molecule has 0 aliphatic carbocycles. The molecule has 1 aromatic carbocycles. The fraction of sp³-hybridized carbons (Fsp3) is 0.467. The molecule has 3 saturated heterocycles. The van der Waals surface area contributed by atoms with E-state index in [0.29, 0.717) is 27.6 Å². The number of piperidine rings is 3. The van der Waals surface area contributed by atoms with Gasteiger partial charge in [0.25, 0.3) is 11.9 Å². The van der Waals surface area contributed by atoms with Crippen molar-refractivity contribution in [1.29, 1.82) is 0 Å². The molecule has 1 atom stereocenters. The van der Waals surface area contributed by atoms with Crippen LogP contribution in [0.25, 0.3) is 11.1 Å². The molecule has 4 heterocycles. The third-order valence-electron chi connectivity index (χ3n) is 4.69. The summed E-state index contributed by atoms with van der Waals surface area (Å²) in [4.78, 5) is 19.1. The normalized spacial score (nSPS) is 27.2. The van der Waals surface area contributed by atoms with E-state index in [-0.39, 0.29) is 18.0 Å². The van der Waals surface area contributed by atoms with Gasteiger partial charge in [0.1, 0.15) is 5.52 Å². The van der Waals surface area contributed by atoms with Gasteiger partial charge in [-0.3, -0.25) is 4.79 Å². The van der Waals surface area contributed by atoms with Crippen LogP contribution in [0.5, 0.6) is 0 Å². The van der Waals surface area contributed by atoms with Crippen LogP contribution in [0.2, 0.25) is 5.02 Å². The van der Waals surface area contributed by atoms with E-state index in [0.717, 1.165) is 32.5 Å². The first-order valence-electron chi connectivity index (χ1n) is 7.49. The summed E-state index contributed by atoms with van der Waals surface area (Å²) in [5, 5.41) is 3.57. The van der Waals surface area contributed by atoms with E-state index in [2.05, 4.69) is 15.2 Å². The topological polar surface area (TPSA) is 84.4 Å². The van der Waals surface area contributed by atoms with Gasteiger partial charge in [-0.05, 0) is 37.9 Å². The third-order valence-corrected chi connectivity index (χ3v) is 4.91. The largest absolute Gasteiger partial charge is 0.424 e. The Balaban J connectivity index is 1.62. The van der Waals surface area contributed by atoms with Gasteiger partial charge in [0.2, 0.25) is 0 Å². The van der Waals surface area contributed by atoms with Crippen molar-refractivity contribution in [3.05, 3.63) is 22.7 Å². The number of anilines is 1. The standard InChI is InChI=1S/C15H17ClN4O2/c16-9-5-10(13-12(6-9)22-15(17)19-13)14(21)18-11-7-20-3-1-8(11)2-4-20/h5-6,8,11H,1-4,7H2,(H2,17,19)(H,18,21). The minimum atomic E-state index is -0.167. The highest BCUT2D eigenvalue weighted by Crippen LogP contribution is 2.29. The molecule has 1 amide bonds. The number of rotatable bonds is 2. The van der Waals surface area contributed by atoms with Gasteiger partial charge in [-0.15, -0.1) is 0 Å². The maximum absolute atomic E-state index is 12.7. The first-order chi connectivity index (χ1) is 10.6. The van der Waals surface area contributed by atoms with E-state index in [4.69, 9.17) is 21.8 Å². The molecule has 7 heteroatoms. The van der Waals surface area contributed by atoms with Crippen LogP contribution in [-0.4, -0.2) is 41.5 Å². The minimum absolute atomic E-state index is 0.0363. The number of nitrogen functional groups attached to an aromatic ring is 1. The van der Waals surface area contributed by atoms with Crippen molar-refractivity contribution in [3.8, 4) is 0 Å². The number of carbonyl (C=O) groups is 1. The molecule has 5 rings (SSSR count). The van der Waals surface area contributed by atoms with Crippen LogP contribution >= 0.6 is 11.6 Å². The number of aromatic nitrogens is 1. The van der Waals surface area contributed by atoms with E-state index in [1.807, 2.05) is 0 Å². The smallest absolute Gasteiger partial charge is 0.293 e. The zero-order valence-electron chi connectivity index (χ0n) is 12.0. The number of hydrogen-bond donors (Lipinski definition) is 2. The molecule has 6 nitrogen and oxygen atoms in total.